The van der Waals surface area contributed by atoms with E-state index in [0.29, 0.717) is 22.7 Å². The van der Waals surface area contributed by atoms with Crippen LogP contribution in [0.25, 0.3) is 16.7 Å². The van der Waals surface area contributed by atoms with Crippen molar-refractivity contribution in [2.45, 2.75) is 19.9 Å². The summed E-state index contributed by atoms with van der Waals surface area (Å²) in [4.78, 5) is 36.1. The van der Waals surface area contributed by atoms with Gasteiger partial charge in [-0.15, -0.1) is 6.58 Å². The van der Waals surface area contributed by atoms with Crippen LogP contribution in [-0.4, -0.2) is 56.7 Å². The molecule has 5 rings (SSSR count). The number of rotatable bonds is 8. The lowest BCUT2D eigenvalue weighted by Crippen LogP contribution is -2.36. The van der Waals surface area contributed by atoms with Crippen LogP contribution in [0.5, 0.6) is 0 Å². The van der Waals surface area contributed by atoms with Crippen molar-refractivity contribution in [3.8, 4) is 5.69 Å². The molecule has 10 nitrogen and oxygen atoms in total. The van der Waals surface area contributed by atoms with Crippen LogP contribution in [0.3, 0.4) is 0 Å². The van der Waals surface area contributed by atoms with E-state index < -0.39 is 5.97 Å². The van der Waals surface area contributed by atoms with Gasteiger partial charge in [0.1, 0.15) is 5.39 Å². The molecular weight excluding hydrogens is 472 g/mol. The highest BCUT2D eigenvalue weighted by molar-refractivity contribution is 5.88. The summed E-state index contributed by atoms with van der Waals surface area (Å²) in [5.41, 5.74) is 3.92. The van der Waals surface area contributed by atoms with Crippen molar-refractivity contribution >= 4 is 34.3 Å². The van der Waals surface area contributed by atoms with Crippen LogP contribution in [0.4, 0.5) is 17.3 Å². The summed E-state index contributed by atoms with van der Waals surface area (Å²) < 4.78 is 8.56. The molecule has 0 amide bonds. The molecular formula is C27H28N6O4. The number of morpholine rings is 1. The molecule has 3 heterocycles. The summed E-state index contributed by atoms with van der Waals surface area (Å²) in [5, 5.41) is 13.1. The van der Waals surface area contributed by atoms with Gasteiger partial charge in [-0.3, -0.25) is 4.79 Å². The normalized spacial score (nSPS) is 13.6. The predicted octanol–water partition coefficient (Wildman–Crippen LogP) is 3.61. The van der Waals surface area contributed by atoms with Gasteiger partial charge in [-0.2, -0.15) is 4.98 Å². The molecule has 37 heavy (non-hydrogen) atoms. The second kappa shape index (κ2) is 10.3. The lowest BCUT2D eigenvalue weighted by atomic mass is 10.1. The van der Waals surface area contributed by atoms with E-state index in [1.165, 1.54) is 34.3 Å². The summed E-state index contributed by atoms with van der Waals surface area (Å²) in [7, 11) is 0. The molecule has 2 aromatic carbocycles. The van der Waals surface area contributed by atoms with Crippen LogP contribution in [-0.2, 0) is 17.7 Å². The Hall–Kier alpha value is -4.44. The lowest BCUT2D eigenvalue weighted by molar-refractivity contribution is 0.0697. The van der Waals surface area contributed by atoms with E-state index in [1.807, 2.05) is 6.07 Å². The fourth-order valence-corrected chi connectivity index (χ4v) is 4.60. The number of ether oxygens (including phenoxy) is 1. The molecule has 2 N–H and O–H groups in total. The number of carbonyl (C=O) groups is 1. The first-order chi connectivity index (χ1) is 18.0. The van der Waals surface area contributed by atoms with E-state index in [1.54, 1.807) is 22.9 Å². The maximum Gasteiger partial charge on any atom is 0.335 e. The second-order valence-corrected chi connectivity index (χ2v) is 8.70. The Labute approximate surface area is 213 Å². The fraction of sp³-hybridized carbons (Fsp3) is 0.259. The van der Waals surface area contributed by atoms with Crippen molar-refractivity contribution in [3.63, 3.8) is 0 Å². The van der Waals surface area contributed by atoms with Gasteiger partial charge < -0.3 is 20.1 Å². The molecule has 1 fully saturated rings. The van der Waals surface area contributed by atoms with E-state index in [2.05, 4.69) is 45.8 Å². The Balaban J connectivity index is 1.55. The topological polar surface area (TPSA) is 115 Å². The Kier molecular flexibility index (Phi) is 6.74. The summed E-state index contributed by atoms with van der Waals surface area (Å²) in [5.74, 6) is -0.729. The molecule has 0 saturated carbocycles. The van der Waals surface area contributed by atoms with E-state index in [4.69, 9.17) is 4.74 Å². The number of aryl methyl sites for hydroxylation is 1. The minimum absolute atomic E-state index is 0.108. The van der Waals surface area contributed by atoms with E-state index in [-0.39, 0.29) is 17.7 Å². The van der Waals surface area contributed by atoms with Gasteiger partial charge in [0.05, 0.1) is 31.0 Å². The molecule has 1 aliphatic heterocycles. The number of nitrogens with zero attached hydrogens (tertiary/aromatic N) is 5. The van der Waals surface area contributed by atoms with Crippen molar-refractivity contribution in [2.75, 3.05) is 36.5 Å². The Morgan fingerprint density at radius 1 is 1.22 bits per heavy atom. The monoisotopic (exact) mass is 500 g/mol. The first-order valence-electron chi connectivity index (χ1n) is 12.2. The zero-order valence-corrected chi connectivity index (χ0v) is 20.6. The van der Waals surface area contributed by atoms with Crippen LogP contribution < -0.4 is 15.8 Å². The number of carboxylic acid groups (broad SMARTS) is 1. The van der Waals surface area contributed by atoms with Gasteiger partial charge in [0.25, 0.3) is 5.56 Å². The molecule has 0 unspecified atom stereocenters. The number of allylic oxidation sites excluding steroid dienone is 1. The number of carboxylic acids is 1. The SMILES string of the molecule is C=CCn1c(=O)c2cnc(Nc3ccc(N4CCOCC4)c(CC)c3)nc2n1-c1cccc(C(=O)O)c1. The van der Waals surface area contributed by atoms with Crippen molar-refractivity contribution in [2.24, 2.45) is 0 Å². The van der Waals surface area contributed by atoms with Gasteiger partial charge in [-0.1, -0.05) is 19.1 Å². The molecule has 1 aliphatic rings. The first kappa shape index (κ1) is 24.3. The lowest BCUT2D eigenvalue weighted by Gasteiger charge is -2.30. The number of aromatic carboxylic acids is 1. The number of fused-ring (bicyclic) bond motifs is 1. The van der Waals surface area contributed by atoms with Crippen LogP contribution in [0.1, 0.15) is 22.8 Å². The van der Waals surface area contributed by atoms with Crippen LogP contribution >= 0.6 is 0 Å². The van der Waals surface area contributed by atoms with Gasteiger partial charge in [0, 0.05) is 30.7 Å². The van der Waals surface area contributed by atoms with E-state index in [9.17, 15) is 14.7 Å². The minimum Gasteiger partial charge on any atom is -0.478 e. The summed E-state index contributed by atoms with van der Waals surface area (Å²) in [6, 6.07) is 12.6. The second-order valence-electron chi connectivity index (χ2n) is 8.70. The molecule has 4 aromatic rings. The summed E-state index contributed by atoms with van der Waals surface area (Å²) in [6.07, 6.45) is 3.96. The van der Waals surface area contributed by atoms with Crippen molar-refractivity contribution in [1.82, 2.24) is 19.3 Å². The van der Waals surface area contributed by atoms with Gasteiger partial charge in [0.15, 0.2) is 5.65 Å². The van der Waals surface area contributed by atoms with Crippen molar-refractivity contribution in [1.29, 1.82) is 0 Å². The predicted molar refractivity (Wildman–Crippen MR) is 142 cm³/mol. The van der Waals surface area contributed by atoms with Gasteiger partial charge in [0.2, 0.25) is 5.95 Å². The number of nitrogens with one attached hydrogen (secondary N) is 1. The van der Waals surface area contributed by atoms with Crippen molar-refractivity contribution < 1.29 is 14.6 Å². The first-order valence-corrected chi connectivity index (χ1v) is 12.2. The fourth-order valence-electron chi connectivity index (χ4n) is 4.60. The smallest absolute Gasteiger partial charge is 0.335 e. The zero-order chi connectivity index (χ0) is 25.9. The molecule has 0 radical (unpaired) electrons. The highest BCUT2D eigenvalue weighted by Crippen LogP contribution is 2.27. The van der Waals surface area contributed by atoms with Gasteiger partial charge in [-0.25, -0.2) is 19.1 Å². The molecule has 1 saturated heterocycles. The maximum absolute atomic E-state index is 13.1. The molecule has 0 atom stereocenters. The molecule has 0 aliphatic carbocycles. The Morgan fingerprint density at radius 3 is 2.76 bits per heavy atom. The van der Waals surface area contributed by atoms with E-state index >= 15 is 0 Å². The standard InChI is InChI=1S/C27H28N6O4/c1-3-10-32-25(34)22-17-28-27(30-24(22)33(32)21-7-5-6-19(16-21)26(35)36)29-20-8-9-23(18(4-2)15-20)31-11-13-37-14-12-31/h3,5-9,15-17H,1,4,10-14H2,2H3,(H,35,36)(H,28,29,30). The number of aromatic nitrogens is 4. The van der Waals surface area contributed by atoms with Gasteiger partial charge in [-0.05, 0) is 48.4 Å². The average molecular weight is 501 g/mol. The summed E-state index contributed by atoms with van der Waals surface area (Å²) in [6.45, 7) is 9.27. The quantitative estimate of drug-likeness (QED) is 0.353. The Bertz CT molecular complexity index is 1530. The highest BCUT2D eigenvalue weighted by Gasteiger charge is 2.19. The third-order valence-electron chi connectivity index (χ3n) is 6.38. The minimum atomic E-state index is -1.06. The van der Waals surface area contributed by atoms with Crippen LogP contribution in [0.15, 0.2) is 66.1 Å². The molecule has 10 heteroatoms. The Morgan fingerprint density at radius 2 is 2.03 bits per heavy atom. The number of benzene rings is 2. The zero-order valence-electron chi connectivity index (χ0n) is 20.6. The summed E-state index contributed by atoms with van der Waals surface area (Å²) >= 11 is 0. The van der Waals surface area contributed by atoms with Gasteiger partial charge >= 0.3 is 5.97 Å². The molecule has 0 spiro atoms. The highest BCUT2D eigenvalue weighted by atomic mass is 16.5. The number of anilines is 3. The average Bonchev–Trinajstić information content (AvgIpc) is 3.20. The van der Waals surface area contributed by atoms with Crippen LogP contribution in [0, 0.1) is 0 Å². The molecule has 0 bridgehead atoms. The largest absolute Gasteiger partial charge is 0.478 e. The van der Waals surface area contributed by atoms with E-state index in [0.717, 1.165) is 38.4 Å². The van der Waals surface area contributed by atoms with Crippen molar-refractivity contribution in [3.05, 3.63) is 82.8 Å². The third kappa shape index (κ3) is 4.70. The number of hydrogen-bond acceptors (Lipinski definition) is 7. The maximum atomic E-state index is 13.1. The third-order valence-corrected chi connectivity index (χ3v) is 6.38. The van der Waals surface area contributed by atoms with Crippen LogP contribution in [0.2, 0.25) is 0 Å². The molecule has 2 aromatic heterocycles. The molecule has 190 valence electrons. The number of hydrogen-bond donors (Lipinski definition) is 2.